The van der Waals surface area contributed by atoms with Crippen LogP contribution in [0.3, 0.4) is 0 Å². The van der Waals surface area contributed by atoms with Crippen molar-refractivity contribution in [1.29, 1.82) is 0 Å². The van der Waals surface area contributed by atoms with Gasteiger partial charge in [-0.3, -0.25) is 29.5 Å². The van der Waals surface area contributed by atoms with Gasteiger partial charge in [0.05, 0.1) is 22.6 Å². The highest BCUT2D eigenvalue weighted by atomic mass is 31.2. The van der Waals surface area contributed by atoms with Crippen LogP contribution in [-0.4, -0.2) is 66.7 Å². The number of carboxylic acids is 1. The van der Waals surface area contributed by atoms with Crippen LogP contribution in [0.1, 0.15) is 136 Å². The van der Waals surface area contributed by atoms with Gasteiger partial charge in [0.15, 0.2) is 11.3 Å². The molecule has 3 fully saturated rings. The topological polar surface area (TPSA) is 254 Å². The molecule has 0 saturated heterocycles. The zero-order valence-electron chi connectivity index (χ0n) is 40.1. The number of benzene rings is 2. The molecule has 0 spiro atoms. The number of ether oxygens (including phenoxy) is 1. The van der Waals surface area contributed by atoms with Gasteiger partial charge in [0.25, 0.3) is 0 Å². The summed E-state index contributed by atoms with van der Waals surface area (Å²) in [4.78, 5) is 69.6. The van der Waals surface area contributed by atoms with Crippen LogP contribution in [0.25, 0.3) is 11.0 Å². The number of aromatic nitrogens is 2. The van der Waals surface area contributed by atoms with Gasteiger partial charge < -0.3 is 25.0 Å². The summed E-state index contributed by atoms with van der Waals surface area (Å²) in [7, 11) is -4.81. The van der Waals surface area contributed by atoms with Crippen LogP contribution >= 0.6 is 7.82 Å². The van der Waals surface area contributed by atoms with Gasteiger partial charge in [-0.1, -0.05) is 84.1 Å². The number of amides is 1. The van der Waals surface area contributed by atoms with Crippen LogP contribution in [0.2, 0.25) is 0 Å². The van der Waals surface area contributed by atoms with Gasteiger partial charge in [0.2, 0.25) is 5.52 Å². The highest BCUT2D eigenvalue weighted by Gasteiger charge is 2.59. The number of alkyl carbamates (subject to hydrolysis) is 1. The monoisotopic (exact) mass is 963 g/mol. The van der Waals surface area contributed by atoms with E-state index in [0.717, 1.165) is 36.5 Å². The molecule has 10 atom stereocenters. The lowest BCUT2D eigenvalue weighted by Crippen LogP contribution is -2.51. The molecule has 68 heavy (non-hydrogen) atoms. The molecule has 3 aromatic rings. The maximum absolute atomic E-state index is 14.0. The lowest BCUT2D eigenvalue weighted by molar-refractivity contribution is -0.383. The number of carbonyl (C=O) groups excluding carboxylic acids is 2. The highest BCUT2D eigenvalue weighted by Crippen LogP contribution is 2.67. The van der Waals surface area contributed by atoms with Crippen molar-refractivity contribution in [2.45, 2.75) is 149 Å². The van der Waals surface area contributed by atoms with Gasteiger partial charge >= 0.3 is 25.6 Å². The molecule has 0 aliphatic heterocycles. The molecule has 0 radical (unpaired) electrons. The Morgan fingerprint density at radius 1 is 0.941 bits per heavy atom. The summed E-state index contributed by atoms with van der Waals surface area (Å²) >= 11 is 0. The summed E-state index contributed by atoms with van der Waals surface area (Å²) in [6, 6.07) is 7.37. The number of aliphatic carboxylic acids is 1. The molecule has 4 aliphatic carbocycles. The van der Waals surface area contributed by atoms with Crippen LogP contribution in [-0.2, 0) is 25.3 Å². The Labute approximate surface area is 398 Å². The fourth-order valence-corrected chi connectivity index (χ4v) is 13.4. The molecule has 18 heteroatoms. The number of unbranched alkanes of at least 4 members (excludes halogenated alkanes) is 1. The first-order chi connectivity index (χ1) is 32.3. The van der Waals surface area contributed by atoms with Crippen molar-refractivity contribution in [2.24, 2.45) is 52.3 Å². The number of carbonyl (C=O) groups is 3. The Bertz CT molecular complexity index is 2370. The van der Waals surface area contributed by atoms with E-state index in [1.807, 2.05) is 0 Å². The number of nitro groups is 1. The van der Waals surface area contributed by atoms with Crippen molar-refractivity contribution in [2.75, 3.05) is 11.9 Å². The van der Waals surface area contributed by atoms with E-state index in [9.17, 15) is 44.0 Å². The number of carboxylic acid groups (broad SMARTS) is 1. The van der Waals surface area contributed by atoms with E-state index >= 15 is 0 Å². The zero-order valence-corrected chi connectivity index (χ0v) is 41.0. The number of ketones is 1. The molecule has 1 amide bonds. The predicted octanol–water partition coefficient (Wildman–Crippen LogP) is 10.6. The summed E-state index contributed by atoms with van der Waals surface area (Å²) in [5.74, 6) is 1.47. The van der Waals surface area contributed by atoms with Crippen LogP contribution in [0, 0.1) is 62.4 Å². The van der Waals surface area contributed by atoms with Gasteiger partial charge in [-0.15, -0.1) is 0 Å². The van der Waals surface area contributed by atoms with Gasteiger partial charge in [0.1, 0.15) is 11.9 Å². The molecule has 17 nitrogen and oxygen atoms in total. The van der Waals surface area contributed by atoms with E-state index in [4.69, 9.17) is 9.37 Å². The van der Waals surface area contributed by atoms with Crippen LogP contribution in [0.5, 0.6) is 5.75 Å². The lowest BCUT2D eigenvalue weighted by Gasteiger charge is -2.58. The molecule has 3 saturated carbocycles. The number of anilines is 1. The first-order valence-corrected chi connectivity index (χ1v) is 26.2. The minimum Gasteiger partial charge on any atom is -0.481 e. The third kappa shape index (κ3) is 11.8. The molecular formula is C50H70N5O12P. The summed E-state index contributed by atoms with van der Waals surface area (Å²) in [6.45, 7) is 12.5. The number of fused-ring (bicyclic) bond motifs is 6. The molecule has 372 valence electrons. The van der Waals surface area contributed by atoms with Crippen molar-refractivity contribution in [3.63, 3.8) is 0 Å². The molecule has 7 rings (SSSR count). The second-order valence-electron chi connectivity index (χ2n) is 21.2. The second-order valence-corrected chi connectivity index (χ2v) is 22.3. The minimum absolute atomic E-state index is 0.00422. The SMILES string of the molecule is CC(C)CCC[C@@H](C)C1CC[C@H]2[C@@H]3CC=C4CC(OC(=O)NC(Cc5ccc(OP(=O)(O)O)cc5)C(=O)C[C@H](CCCCNc5ccc([N+](=O)[O-])c6nonc56)C(=O)O)CC[C@]4(C)[C@H]3CC[C@]12C. The Hall–Kier alpha value is -4.86. The van der Waals surface area contributed by atoms with Crippen LogP contribution < -0.4 is 15.2 Å². The molecule has 1 heterocycles. The number of phosphoric ester groups is 1. The van der Waals surface area contributed by atoms with E-state index in [2.05, 4.69) is 66.2 Å². The molecule has 5 N–H and O–H groups in total. The van der Waals surface area contributed by atoms with Crippen LogP contribution in [0.4, 0.5) is 16.2 Å². The third-order valence-electron chi connectivity index (χ3n) is 16.5. The number of phosphoric acid groups is 1. The number of nitrogens with zero attached hydrogens (tertiary/aromatic N) is 3. The Morgan fingerprint density at radius 3 is 2.40 bits per heavy atom. The molecular weight excluding hydrogens is 894 g/mol. The Morgan fingerprint density at radius 2 is 1.69 bits per heavy atom. The van der Waals surface area contributed by atoms with Crippen molar-refractivity contribution in [3.8, 4) is 5.75 Å². The van der Waals surface area contributed by atoms with Gasteiger partial charge in [-0.05, 0) is 145 Å². The Balaban J connectivity index is 0.965. The summed E-state index contributed by atoms with van der Waals surface area (Å²) in [5, 5.41) is 34.9. The van der Waals surface area contributed by atoms with E-state index < -0.39 is 42.6 Å². The molecule has 0 bridgehead atoms. The molecule has 3 unspecified atom stereocenters. The average Bonchev–Trinajstić information content (AvgIpc) is 3.91. The minimum atomic E-state index is -4.81. The first kappa shape index (κ1) is 51.0. The fraction of sp³-hybridized carbons (Fsp3) is 0.660. The highest BCUT2D eigenvalue weighted by molar-refractivity contribution is 7.46. The number of Topliss-reactive ketones (excluding diaryl/α,β-unsaturated/α-hetero) is 1. The number of nitro benzene ring substituents is 1. The largest absolute Gasteiger partial charge is 0.524 e. The number of hydrogen-bond donors (Lipinski definition) is 5. The standard InChI is InChI=1S/C50H70N5O12P/c1-30(2)9-8-10-31(3)38-18-19-39-37-17-14-34-29-36(22-24-49(34,4)40(37)23-25-50(38,39)5)65-48(59)52-42(27-32-12-15-35(16-13-32)66-68(62,63)64)44(56)28-33(47(57)58)11-6-7-26-51-41-20-21-43(55(60)61)46-45(41)53-67-54-46/h12-16,20-21,30-31,33,36-40,42,51H,6-11,17-19,22-29H2,1-5H3,(H,52,59)(H,57,58)(H2,62,63,64)/t31-,33+,36?,37+,38?,39+,40+,42?,49+,50-/m1/s1. The lowest BCUT2D eigenvalue weighted by atomic mass is 9.47. The van der Waals surface area contributed by atoms with Crippen molar-refractivity contribution in [1.82, 2.24) is 15.6 Å². The van der Waals surface area contributed by atoms with Crippen LogP contribution in [0.15, 0.2) is 52.7 Å². The predicted molar refractivity (Wildman–Crippen MR) is 255 cm³/mol. The maximum atomic E-state index is 14.0. The first-order valence-electron chi connectivity index (χ1n) is 24.7. The average molecular weight is 964 g/mol. The third-order valence-corrected chi connectivity index (χ3v) is 16.9. The van der Waals surface area contributed by atoms with Crippen molar-refractivity contribution in [3.05, 3.63) is 63.7 Å². The summed E-state index contributed by atoms with van der Waals surface area (Å²) < 4.78 is 26.9. The smallest absolute Gasteiger partial charge is 0.481 e. The quantitative estimate of drug-likeness (QED) is 0.0206. The van der Waals surface area contributed by atoms with Gasteiger partial charge in [-0.25, -0.2) is 14.0 Å². The Kier molecular flexibility index (Phi) is 16.1. The number of rotatable bonds is 22. The molecule has 4 aliphatic rings. The van der Waals surface area contributed by atoms with Gasteiger partial charge in [0, 0.05) is 25.5 Å². The van der Waals surface area contributed by atoms with E-state index in [1.165, 1.54) is 86.9 Å². The molecule has 1 aromatic heterocycles. The fourth-order valence-electron chi connectivity index (χ4n) is 13.0. The number of non-ortho nitro benzene ring substituents is 1. The normalized spacial score (nSPS) is 26.9. The zero-order chi connectivity index (χ0) is 49.0. The van der Waals surface area contributed by atoms with Crippen molar-refractivity contribution >= 4 is 48.1 Å². The number of allylic oxidation sites excluding steroid dienone is 1. The van der Waals surface area contributed by atoms with E-state index in [0.29, 0.717) is 60.7 Å². The van der Waals surface area contributed by atoms with E-state index in [-0.39, 0.29) is 53.3 Å². The molecule has 2 aromatic carbocycles. The van der Waals surface area contributed by atoms with Gasteiger partial charge in [-0.2, -0.15) is 0 Å². The van der Waals surface area contributed by atoms with Crippen molar-refractivity contribution < 1.29 is 52.7 Å². The summed E-state index contributed by atoms with van der Waals surface area (Å²) in [5.41, 5.74) is 2.76. The van der Waals surface area contributed by atoms with E-state index in [1.54, 1.807) is 0 Å². The number of nitrogens with one attached hydrogen (secondary N) is 2. The maximum Gasteiger partial charge on any atom is 0.524 e. The summed E-state index contributed by atoms with van der Waals surface area (Å²) in [6.07, 6.45) is 14.4. The number of hydrogen-bond acceptors (Lipinski definition) is 12. The second kappa shape index (κ2) is 21.4.